The van der Waals surface area contributed by atoms with E-state index in [9.17, 15) is 0 Å². The second kappa shape index (κ2) is 9.88. The van der Waals surface area contributed by atoms with Gasteiger partial charge in [-0.15, -0.1) is 0 Å². The van der Waals surface area contributed by atoms with Crippen LogP contribution in [0.4, 0.5) is 0 Å². The molecule has 0 bridgehead atoms. The van der Waals surface area contributed by atoms with Gasteiger partial charge >= 0.3 is 0 Å². The highest BCUT2D eigenvalue weighted by atomic mass is 32.1. The molecular weight excluding hydrogens is 330 g/mol. The van der Waals surface area contributed by atoms with E-state index in [2.05, 4.69) is 71.3 Å². The predicted molar refractivity (Wildman–Crippen MR) is 108 cm³/mol. The molecule has 132 valence electrons. The van der Waals surface area contributed by atoms with Crippen LogP contribution in [0.15, 0.2) is 65.8 Å². The summed E-state index contributed by atoms with van der Waals surface area (Å²) in [6.07, 6.45) is 0.731. The number of likely N-dealkylation sites (N-methyl/N-ethyl adjacent to an activating group) is 1. The van der Waals surface area contributed by atoms with E-state index in [4.69, 9.17) is 18.1 Å². The zero-order chi connectivity index (χ0) is 18.1. The highest BCUT2D eigenvalue weighted by Gasteiger charge is 2.20. The lowest BCUT2D eigenvalue weighted by Crippen LogP contribution is -2.38. The zero-order valence-corrected chi connectivity index (χ0v) is 15.5. The van der Waals surface area contributed by atoms with Gasteiger partial charge in [-0.05, 0) is 37.4 Å². The highest BCUT2D eigenvalue weighted by molar-refractivity contribution is 7.80. The molecule has 0 radical (unpaired) electrons. The molecule has 0 saturated heterocycles. The second-order valence-electron chi connectivity index (χ2n) is 6.08. The third-order valence-corrected chi connectivity index (χ3v) is 4.02. The second-order valence-corrected chi connectivity index (χ2v) is 6.48. The lowest BCUT2D eigenvalue weighted by molar-refractivity contribution is 0.401. The van der Waals surface area contributed by atoms with Crippen molar-refractivity contribution in [1.29, 1.82) is 0 Å². The van der Waals surface area contributed by atoms with Gasteiger partial charge in [0.2, 0.25) is 5.11 Å². The molecule has 0 saturated carbocycles. The van der Waals surface area contributed by atoms with Gasteiger partial charge in [-0.1, -0.05) is 60.7 Å². The van der Waals surface area contributed by atoms with Crippen molar-refractivity contribution in [1.82, 2.24) is 15.8 Å². The molecule has 25 heavy (non-hydrogen) atoms. The van der Waals surface area contributed by atoms with Crippen LogP contribution >= 0.6 is 12.2 Å². The summed E-state index contributed by atoms with van der Waals surface area (Å²) in [6.45, 7) is 0.847. The first-order chi connectivity index (χ1) is 12.1. The van der Waals surface area contributed by atoms with Gasteiger partial charge in [-0.25, -0.2) is 5.84 Å². The number of rotatable bonds is 7. The summed E-state index contributed by atoms with van der Waals surface area (Å²) in [4.78, 5) is 2.16. The quantitative estimate of drug-likeness (QED) is 0.308. The Hall–Kier alpha value is -2.28. The van der Waals surface area contributed by atoms with E-state index in [1.807, 2.05) is 24.3 Å². The van der Waals surface area contributed by atoms with Crippen molar-refractivity contribution in [3.05, 3.63) is 71.8 Å². The van der Waals surface area contributed by atoms with E-state index in [-0.39, 0.29) is 5.92 Å². The van der Waals surface area contributed by atoms with Gasteiger partial charge in [0.05, 0.1) is 5.71 Å². The molecule has 0 aliphatic carbocycles. The maximum absolute atomic E-state index is 5.35. The monoisotopic (exact) mass is 355 g/mol. The topological polar surface area (TPSA) is 65.7 Å². The molecule has 2 aromatic carbocycles. The number of thiocarbonyl (C=S) groups is 1. The van der Waals surface area contributed by atoms with Crippen LogP contribution in [0.5, 0.6) is 0 Å². The number of nitrogens with one attached hydrogen (secondary N) is 2. The third kappa shape index (κ3) is 6.26. The Bertz CT molecular complexity index is 685. The van der Waals surface area contributed by atoms with Crippen molar-refractivity contribution in [2.45, 2.75) is 12.3 Å². The molecule has 2 rings (SSSR count). The maximum Gasteiger partial charge on any atom is 0.201 e. The lowest BCUT2D eigenvalue weighted by atomic mass is 9.90. The van der Waals surface area contributed by atoms with Crippen LogP contribution in [0.2, 0.25) is 0 Å². The minimum absolute atomic E-state index is 0.143. The number of hydrazine groups is 1. The van der Waals surface area contributed by atoms with Crippen molar-refractivity contribution in [2.24, 2.45) is 10.9 Å². The first-order valence-electron chi connectivity index (χ1n) is 8.16. The Labute approximate surface area is 154 Å². The third-order valence-electron chi connectivity index (χ3n) is 3.81. The minimum atomic E-state index is 0.143. The summed E-state index contributed by atoms with van der Waals surface area (Å²) in [5.74, 6) is 5.49. The summed E-state index contributed by atoms with van der Waals surface area (Å²) < 4.78 is 0. The summed E-state index contributed by atoms with van der Waals surface area (Å²) in [5, 5.41) is 4.87. The van der Waals surface area contributed by atoms with Crippen LogP contribution < -0.4 is 16.7 Å². The van der Waals surface area contributed by atoms with Gasteiger partial charge in [0.25, 0.3) is 0 Å². The average Bonchev–Trinajstić information content (AvgIpc) is 2.64. The van der Waals surface area contributed by atoms with Gasteiger partial charge in [0.15, 0.2) is 0 Å². The van der Waals surface area contributed by atoms with Crippen LogP contribution in [0.3, 0.4) is 0 Å². The van der Waals surface area contributed by atoms with Gasteiger partial charge in [-0.2, -0.15) is 5.10 Å². The van der Waals surface area contributed by atoms with Gasteiger partial charge in [0, 0.05) is 18.9 Å². The van der Waals surface area contributed by atoms with Crippen molar-refractivity contribution >= 4 is 23.0 Å². The maximum atomic E-state index is 5.35. The molecule has 6 heteroatoms. The van der Waals surface area contributed by atoms with Gasteiger partial charge in [0.1, 0.15) is 0 Å². The van der Waals surface area contributed by atoms with Crippen molar-refractivity contribution in [2.75, 3.05) is 20.6 Å². The first-order valence-corrected chi connectivity index (χ1v) is 8.57. The van der Waals surface area contributed by atoms with Gasteiger partial charge in [-0.3, -0.25) is 10.9 Å². The molecule has 0 aliphatic rings. The van der Waals surface area contributed by atoms with Crippen molar-refractivity contribution < 1.29 is 0 Å². The molecule has 0 amide bonds. The molecule has 0 spiro atoms. The fourth-order valence-electron chi connectivity index (χ4n) is 2.65. The molecule has 1 atom stereocenters. The Morgan fingerprint density at radius 1 is 1.08 bits per heavy atom. The van der Waals surface area contributed by atoms with Crippen LogP contribution in [-0.4, -0.2) is 36.4 Å². The summed E-state index contributed by atoms with van der Waals surface area (Å²) in [7, 11) is 4.13. The fourth-order valence-corrected chi connectivity index (χ4v) is 2.70. The number of hydrazone groups is 1. The predicted octanol–water partition coefficient (Wildman–Crippen LogP) is 2.27. The molecule has 4 N–H and O–H groups in total. The Morgan fingerprint density at radius 2 is 1.68 bits per heavy atom. The average molecular weight is 356 g/mol. The van der Waals surface area contributed by atoms with Crippen LogP contribution in [0.25, 0.3) is 0 Å². The SMILES string of the molecule is CN(C)C[C@H](/C(Cc1ccccc1)=N\NC(=S)NN)c1ccccc1. The zero-order valence-electron chi connectivity index (χ0n) is 14.6. The molecule has 0 heterocycles. The molecule has 0 aliphatic heterocycles. The Morgan fingerprint density at radius 3 is 2.24 bits per heavy atom. The van der Waals surface area contributed by atoms with E-state index in [0.717, 1.165) is 18.7 Å². The molecule has 0 unspecified atom stereocenters. The summed E-state index contributed by atoms with van der Waals surface area (Å²) >= 11 is 5.06. The van der Waals surface area contributed by atoms with Crippen LogP contribution in [0, 0.1) is 0 Å². The van der Waals surface area contributed by atoms with E-state index < -0.39 is 0 Å². The normalized spacial score (nSPS) is 12.7. The number of nitrogens with zero attached hydrogens (tertiary/aromatic N) is 2. The molecular formula is C19H25N5S. The van der Waals surface area contributed by atoms with E-state index in [1.165, 1.54) is 11.1 Å². The fraction of sp³-hybridized carbons (Fsp3) is 0.263. The number of hydrogen-bond donors (Lipinski definition) is 3. The van der Waals surface area contributed by atoms with Gasteiger partial charge < -0.3 is 4.90 Å². The molecule has 0 aromatic heterocycles. The Kier molecular flexibility index (Phi) is 7.53. The van der Waals surface area contributed by atoms with Crippen LogP contribution in [0.1, 0.15) is 17.0 Å². The van der Waals surface area contributed by atoms with E-state index in [1.54, 1.807) is 0 Å². The van der Waals surface area contributed by atoms with E-state index in [0.29, 0.717) is 5.11 Å². The van der Waals surface area contributed by atoms with Crippen LogP contribution in [-0.2, 0) is 6.42 Å². The smallest absolute Gasteiger partial charge is 0.201 e. The first kappa shape index (κ1) is 19.1. The highest BCUT2D eigenvalue weighted by Crippen LogP contribution is 2.21. The summed E-state index contributed by atoms with van der Waals surface area (Å²) in [6, 6.07) is 20.7. The van der Waals surface area contributed by atoms with E-state index >= 15 is 0 Å². The summed E-state index contributed by atoms with van der Waals surface area (Å²) in [5.41, 5.74) is 8.68. The molecule has 0 fully saturated rings. The standard InChI is InChI=1S/C19H25N5S/c1-24(2)14-17(16-11-7-4-8-12-16)18(22-23-19(25)21-20)13-15-9-5-3-6-10-15/h3-12,17H,13-14,20H2,1-2H3,(H2,21,23,25)/b22-18-/t17-/m0/s1. The molecule has 5 nitrogen and oxygen atoms in total. The van der Waals surface area contributed by atoms with Crippen molar-refractivity contribution in [3.8, 4) is 0 Å². The number of hydrogen-bond acceptors (Lipinski definition) is 4. The van der Waals surface area contributed by atoms with Crippen molar-refractivity contribution in [3.63, 3.8) is 0 Å². The Balaban J connectivity index is 2.36. The molecule has 2 aromatic rings. The number of benzene rings is 2. The largest absolute Gasteiger partial charge is 0.308 e. The number of nitrogens with two attached hydrogens (primary N) is 1. The lowest BCUT2D eigenvalue weighted by Gasteiger charge is -2.24. The minimum Gasteiger partial charge on any atom is -0.308 e.